The minimum atomic E-state index is -0.0588. The molecular formula is C10H16N4O. The van der Waals surface area contributed by atoms with Crippen molar-refractivity contribution in [2.75, 3.05) is 18.4 Å². The Bertz CT molecular complexity index is 322. The number of hydrogen-bond acceptors (Lipinski definition) is 2. The Labute approximate surface area is 88.9 Å². The van der Waals surface area contributed by atoms with Crippen LogP contribution in [0.2, 0.25) is 0 Å². The van der Waals surface area contributed by atoms with Crippen LogP contribution in [0.5, 0.6) is 0 Å². The quantitative estimate of drug-likeness (QED) is 0.737. The molecule has 1 atom stereocenters. The summed E-state index contributed by atoms with van der Waals surface area (Å²) in [5.74, 6) is 1.11. The Balaban J connectivity index is 1.90. The van der Waals surface area contributed by atoms with Crippen molar-refractivity contribution in [1.82, 2.24) is 14.9 Å². The lowest BCUT2D eigenvalue weighted by Crippen LogP contribution is -2.41. The van der Waals surface area contributed by atoms with Gasteiger partial charge in [0.05, 0.1) is 0 Å². The number of hydrogen-bond donors (Lipinski definition) is 2. The van der Waals surface area contributed by atoms with Crippen LogP contribution in [0.3, 0.4) is 0 Å². The summed E-state index contributed by atoms with van der Waals surface area (Å²) in [5, 5.41) is 2.73. The van der Waals surface area contributed by atoms with Gasteiger partial charge >= 0.3 is 6.03 Å². The van der Waals surface area contributed by atoms with Crippen LogP contribution in [0, 0.1) is 5.92 Å². The Morgan fingerprint density at radius 1 is 1.73 bits per heavy atom. The monoisotopic (exact) mass is 208 g/mol. The number of imidazole rings is 1. The second kappa shape index (κ2) is 4.33. The maximum Gasteiger partial charge on any atom is 0.324 e. The van der Waals surface area contributed by atoms with Gasteiger partial charge in [0, 0.05) is 25.5 Å². The van der Waals surface area contributed by atoms with Crippen molar-refractivity contribution in [2.45, 2.75) is 19.8 Å². The molecule has 5 heteroatoms. The zero-order valence-electron chi connectivity index (χ0n) is 8.86. The summed E-state index contributed by atoms with van der Waals surface area (Å²) in [6.45, 7) is 3.86. The van der Waals surface area contributed by atoms with Gasteiger partial charge in [-0.15, -0.1) is 0 Å². The van der Waals surface area contributed by atoms with Gasteiger partial charge < -0.3 is 9.88 Å². The van der Waals surface area contributed by atoms with Crippen LogP contribution < -0.4 is 5.32 Å². The highest BCUT2D eigenvalue weighted by Crippen LogP contribution is 2.15. The van der Waals surface area contributed by atoms with Crippen molar-refractivity contribution < 1.29 is 4.79 Å². The summed E-state index contributed by atoms with van der Waals surface area (Å²) in [6.07, 6.45) is 5.61. The van der Waals surface area contributed by atoms with Crippen molar-refractivity contribution in [1.29, 1.82) is 0 Å². The fourth-order valence-electron chi connectivity index (χ4n) is 1.89. The molecule has 1 aromatic rings. The molecule has 2 rings (SSSR count). The molecule has 1 saturated heterocycles. The summed E-state index contributed by atoms with van der Waals surface area (Å²) in [4.78, 5) is 20.4. The van der Waals surface area contributed by atoms with Gasteiger partial charge in [-0.2, -0.15) is 0 Å². The topological polar surface area (TPSA) is 61.0 Å². The molecule has 1 aliphatic rings. The number of aromatic nitrogens is 2. The minimum absolute atomic E-state index is 0.0588. The number of carbonyl (C=O) groups excluding carboxylic acids is 1. The van der Waals surface area contributed by atoms with Gasteiger partial charge in [-0.1, -0.05) is 6.92 Å². The lowest BCUT2D eigenvalue weighted by Gasteiger charge is -2.30. The third-order valence-corrected chi connectivity index (χ3v) is 2.67. The number of urea groups is 1. The van der Waals surface area contributed by atoms with E-state index in [1.807, 2.05) is 4.90 Å². The lowest BCUT2D eigenvalue weighted by atomic mass is 10.0. The summed E-state index contributed by atoms with van der Waals surface area (Å²) in [5.41, 5.74) is 0. The van der Waals surface area contributed by atoms with Crippen LogP contribution in [-0.4, -0.2) is 34.0 Å². The summed E-state index contributed by atoms with van der Waals surface area (Å²) < 4.78 is 0. The van der Waals surface area contributed by atoms with Crippen molar-refractivity contribution in [2.24, 2.45) is 5.92 Å². The van der Waals surface area contributed by atoms with Crippen LogP contribution in [0.4, 0.5) is 10.7 Å². The maximum absolute atomic E-state index is 11.8. The molecule has 2 amide bonds. The van der Waals surface area contributed by atoms with Gasteiger partial charge in [-0.05, 0) is 18.8 Å². The van der Waals surface area contributed by atoms with E-state index < -0.39 is 0 Å². The molecule has 1 unspecified atom stereocenters. The zero-order valence-corrected chi connectivity index (χ0v) is 8.86. The predicted molar refractivity (Wildman–Crippen MR) is 57.6 cm³/mol. The minimum Gasteiger partial charge on any atom is -0.331 e. The summed E-state index contributed by atoms with van der Waals surface area (Å²) in [7, 11) is 0. The van der Waals surface area contributed by atoms with E-state index in [1.165, 1.54) is 6.42 Å². The third-order valence-electron chi connectivity index (χ3n) is 2.67. The lowest BCUT2D eigenvalue weighted by molar-refractivity contribution is 0.182. The van der Waals surface area contributed by atoms with E-state index in [1.54, 1.807) is 12.4 Å². The van der Waals surface area contributed by atoms with Crippen molar-refractivity contribution in [3.63, 3.8) is 0 Å². The first-order valence-corrected chi connectivity index (χ1v) is 5.31. The van der Waals surface area contributed by atoms with Crippen LogP contribution in [0.1, 0.15) is 19.8 Å². The number of nitrogens with zero attached hydrogens (tertiary/aromatic N) is 2. The first-order valence-electron chi connectivity index (χ1n) is 5.31. The molecule has 82 valence electrons. The number of likely N-dealkylation sites (tertiary alicyclic amines) is 1. The number of aromatic amines is 1. The maximum atomic E-state index is 11.8. The van der Waals surface area contributed by atoms with Gasteiger partial charge in [0.15, 0.2) is 0 Å². The number of rotatable bonds is 1. The fourth-order valence-corrected chi connectivity index (χ4v) is 1.89. The molecule has 2 N–H and O–H groups in total. The van der Waals surface area contributed by atoms with E-state index in [4.69, 9.17) is 0 Å². The number of piperidine rings is 1. The Hall–Kier alpha value is -1.52. The molecule has 2 heterocycles. The second-order valence-electron chi connectivity index (χ2n) is 4.06. The first-order chi connectivity index (χ1) is 7.25. The molecule has 0 spiro atoms. The highest BCUT2D eigenvalue weighted by Gasteiger charge is 2.21. The Kier molecular flexibility index (Phi) is 2.89. The van der Waals surface area contributed by atoms with E-state index in [0.29, 0.717) is 11.9 Å². The van der Waals surface area contributed by atoms with Crippen LogP contribution in [0.25, 0.3) is 0 Å². The molecule has 1 fully saturated rings. The van der Waals surface area contributed by atoms with E-state index in [2.05, 4.69) is 22.2 Å². The van der Waals surface area contributed by atoms with Crippen LogP contribution in [0.15, 0.2) is 12.4 Å². The van der Waals surface area contributed by atoms with E-state index in [0.717, 1.165) is 19.5 Å². The Morgan fingerprint density at radius 2 is 2.60 bits per heavy atom. The fraction of sp³-hybridized carbons (Fsp3) is 0.600. The number of carbonyl (C=O) groups is 1. The number of H-pyrrole nitrogens is 1. The van der Waals surface area contributed by atoms with Crippen LogP contribution in [-0.2, 0) is 0 Å². The van der Waals surface area contributed by atoms with Gasteiger partial charge in [0.2, 0.25) is 5.95 Å². The number of nitrogens with one attached hydrogen (secondary N) is 2. The number of amides is 2. The average Bonchev–Trinajstić information content (AvgIpc) is 2.70. The molecule has 15 heavy (non-hydrogen) atoms. The molecule has 1 aliphatic heterocycles. The zero-order chi connectivity index (χ0) is 10.7. The van der Waals surface area contributed by atoms with E-state index in [-0.39, 0.29) is 6.03 Å². The smallest absolute Gasteiger partial charge is 0.324 e. The normalized spacial score (nSPS) is 21.4. The highest BCUT2D eigenvalue weighted by molar-refractivity contribution is 5.87. The molecule has 0 aliphatic carbocycles. The van der Waals surface area contributed by atoms with Gasteiger partial charge in [-0.3, -0.25) is 5.32 Å². The van der Waals surface area contributed by atoms with Crippen molar-refractivity contribution >= 4 is 12.0 Å². The van der Waals surface area contributed by atoms with Crippen molar-refractivity contribution in [3.8, 4) is 0 Å². The molecule has 0 radical (unpaired) electrons. The van der Waals surface area contributed by atoms with E-state index in [9.17, 15) is 4.79 Å². The number of anilines is 1. The first kappa shape index (κ1) is 10.0. The molecule has 5 nitrogen and oxygen atoms in total. The molecule has 1 aromatic heterocycles. The SMILES string of the molecule is CC1CCCN(C(=O)Nc2ncc[nH]2)C1. The average molecular weight is 208 g/mol. The highest BCUT2D eigenvalue weighted by atomic mass is 16.2. The van der Waals surface area contributed by atoms with Gasteiger partial charge in [0.25, 0.3) is 0 Å². The largest absolute Gasteiger partial charge is 0.331 e. The third kappa shape index (κ3) is 2.49. The predicted octanol–water partition coefficient (Wildman–Crippen LogP) is 1.67. The molecular weight excluding hydrogens is 192 g/mol. The van der Waals surface area contributed by atoms with Crippen molar-refractivity contribution in [3.05, 3.63) is 12.4 Å². The summed E-state index contributed by atoms with van der Waals surface area (Å²) >= 11 is 0. The molecule has 0 bridgehead atoms. The standard InChI is InChI=1S/C10H16N4O/c1-8-3-2-6-14(7-8)10(15)13-9-11-4-5-12-9/h4-5,8H,2-3,6-7H2,1H3,(H2,11,12,13,15). The van der Waals surface area contributed by atoms with Crippen LogP contribution >= 0.6 is 0 Å². The Morgan fingerprint density at radius 3 is 3.27 bits per heavy atom. The molecule has 0 aromatic carbocycles. The van der Waals surface area contributed by atoms with Gasteiger partial charge in [-0.25, -0.2) is 9.78 Å². The van der Waals surface area contributed by atoms with Gasteiger partial charge in [0.1, 0.15) is 0 Å². The summed E-state index contributed by atoms with van der Waals surface area (Å²) in [6, 6.07) is -0.0588. The molecule has 0 saturated carbocycles. The van der Waals surface area contributed by atoms with E-state index >= 15 is 0 Å². The second-order valence-corrected chi connectivity index (χ2v) is 4.06.